The zero-order valence-electron chi connectivity index (χ0n) is 9.96. The van der Waals surface area contributed by atoms with Gasteiger partial charge in [-0.2, -0.15) is 4.31 Å². The summed E-state index contributed by atoms with van der Waals surface area (Å²) in [6.07, 6.45) is 2.58. The molecule has 1 aliphatic carbocycles. The van der Waals surface area contributed by atoms with Crippen molar-refractivity contribution in [3.63, 3.8) is 0 Å². The van der Waals surface area contributed by atoms with Crippen LogP contribution in [-0.4, -0.2) is 55.4 Å². The highest BCUT2D eigenvalue weighted by Gasteiger charge is 2.34. The zero-order chi connectivity index (χ0) is 12.9. The van der Waals surface area contributed by atoms with Gasteiger partial charge in [0.15, 0.2) is 5.75 Å². The third-order valence-corrected chi connectivity index (χ3v) is 4.56. The third kappa shape index (κ3) is 3.93. The highest BCUT2D eigenvalue weighted by atomic mass is 32.2. The van der Waals surface area contributed by atoms with E-state index in [0.29, 0.717) is 0 Å². The fraction of sp³-hybridized carbons (Fsp3) is 0.900. The van der Waals surface area contributed by atoms with E-state index in [1.807, 2.05) is 0 Å². The SMILES string of the molecule is CCOC(=O)CS(=O)(=O)N(CCO)C1CCC1. The van der Waals surface area contributed by atoms with Gasteiger partial charge in [0.05, 0.1) is 13.2 Å². The average molecular weight is 265 g/mol. The molecule has 0 spiro atoms. The Hall–Kier alpha value is -0.660. The molecule has 1 saturated carbocycles. The van der Waals surface area contributed by atoms with Crippen molar-refractivity contribution in [1.82, 2.24) is 4.31 Å². The van der Waals surface area contributed by atoms with E-state index in [1.165, 1.54) is 4.31 Å². The predicted octanol–water partition coefficient (Wildman–Crippen LogP) is -0.274. The monoisotopic (exact) mass is 265 g/mol. The number of hydrogen-bond donors (Lipinski definition) is 1. The van der Waals surface area contributed by atoms with Crippen LogP contribution in [0, 0.1) is 0 Å². The van der Waals surface area contributed by atoms with Gasteiger partial charge in [-0.3, -0.25) is 4.79 Å². The van der Waals surface area contributed by atoms with Crippen molar-refractivity contribution in [2.45, 2.75) is 32.2 Å². The van der Waals surface area contributed by atoms with Crippen molar-refractivity contribution in [3.8, 4) is 0 Å². The van der Waals surface area contributed by atoms with Crippen LogP contribution in [0.1, 0.15) is 26.2 Å². The molecule has 17 heavy (non-hydrogen) atoms. The molecule has 1 rings (SSSR count). The lowest BCUT2D eigenvalue weighted by Crippen LogP contribution is -2.47. The van der Waals surface area contributed by atoms with Crippen molar-refractivity contribution in [2.75, 3.05) is 25.5 Å². The second-order valence-corrected chi connectivity index (χ2v) is 5.90. The van der Waals surface area contributed by atoms with Crippen molar-refractivity contribution in [1.29, 1.82) is 0 Å². The first-order valence-electron chi connectivity index (χ1n) is 5.77. The van der Waals surface area contributed by atoms with Gasteiger partial charge in [0.1, 0.15) is 0 Å². The van der Waals surface area contributed by atoms with Crippen molar-refractivity contribution >= 4 is 16.0 Å². The standard InChI is InChI=1S/C10H19NO5S/c1-2-16-10(13)8-17(14,15)11(6-7-12)9-4-3-5-9/h9,12H,2-8H2,1H3. The van der Waals surface area contributed by atoms with Gasteiger partial charge in [-0.15, -0.1) is 0 Å². The van der Waals surface area contributed by atoms with E-state index in [1.54, 1.807) is 6.92 Å². The van der Waals surface area contributed by atoms with Crippen LogP contribution in [0.2, 0.25) is 0 Å². The van der Waals surface area contributed by atoms with Gasteiger partial charge in [0.25, 0.3) is 0 Å². The van der Waals surface area contributed by atoms with Crippen LogP contribution < -0.4 is 0 Å². The van der Waals surface area contributed by atoms with Gasteiger partial charge in [0, 0.05) is 12.6 Å². The molecule has 0 aromatic heterocycles. The lowest BCUT2D eigenvalue weighted by Gasteiger charge is -2.35. The third-order valence-electron chi connectivity index (χ3n) is 2.77. The zero-order valence-corrected chi connectivity index (χ0v) is 10.8. The number of esters is 1. The lowest BCUT2D eigenvalue weighted by molar-refractivity contribution is -0.140. The summed E-state index contributed by atoms with van der Waals surface area (Å²) < 4.78 is 29.8. The van der Waals surface area contributed by atoms with Gasteiger partial charge in [-0.1, -0.05) is 6.42 Å². The highest BCUT2D eigenvalue weighted by molar-refractivity contribution is 7.89. The lowest BCUT2D eigenvalue weighted by atomic mass is 9.93. The first kappa shape index (κ1) is 14.4. The summed E-state index contributed by atoms with van der Waals surface area (Å²) in [6, 6.07) is -0.0680. The molecule has 1 fully saturated rings. The number of rotatable bonds is 7. The molecular formula is C10H19NO5S. The molecule has 0 aromatic rings. The molecule has 0 radical (unpaired) electrons. The van der Waals surface area contributed by atoms with Crippen molar-refractivity contribution in [2.24, 2.45) is 0 Å². The normalized spacial score (nSPS) is 16.9. The summed E-state index contributed by atoms with van der Waals surface area (Å²) in [5, 5.41) is 8.88. The van der Waals surface area contributed by atoms with Gasteiger partial charge in [0.2, 0.25) is 10.0 Å². The van der Waals surface area contributed by atoms with E-state index < -0.39 is 21.7 Å². The largest absolute Gasteiger partial charge is 0.465 e. The number of carbonyl (C=O) groups excluding carboxylic acids is 1. The summed E-state index contributed by atoms with van der Waals surface area (Å²) in [5.41, 5.74) is 0. The van der Waals surface area contributed by atoms with E-state index in [4.69, 9.17) is 5.11 Å². The van der Waals surface area contributed by atoms with E-state index in [2.05, 4.69) is 4.74 Å². The van der Waals surface area contributed by atoms with Crippen LogP contribution in [0.15, 0.2) is 0 Å². The Bertz CT molecular complexity index is 350. The van der Waals surface area contributed by atoms with Gasteiger partial charge < -0.3 is 9.84 Å². The Labute approximate surface area is 102 Å². The molecule has 7 heteroatoms. The molecule has 0 unspecified atom stereocenters. The maximum atomic E-state index is 12.0. The Morgan fingerprint density at radius 2 is 2.12 bits per heavy atom. The molecule has 0 atom stereocenters. The molecule has 0 saturated heterocycles. The molecule has 0 aromatic carbocycles. The summed E-state index contributed by atoms with van der Waals surface area (Å²) in [5.74, 6) is -1.38. The minimum atomic E-state index is -3.67. The Kier molecular flexibility index (Phi) is 5.35. The first-order chi connectivity index (χ1) is 8.01. The Balaban J connectivity index is 2.66. The maximum absolute atomic E-state index is 12.0. The minimum Gasteiger partial charge on any atom is -0.465 e. The van der Waals surface area contributed by atoms with Gasteiger partial charge in [-0.05, 0) is 19.8 Å². The molecular weight excluding hydrogens is 246 g/mol. The number of hydrogen-bond acceptors (Lipinski definition) is 5. The Morgan fingerprint density at radius 3 is 2.53 bits per heavy atom. The molecule has 0 heterocycles. The number of aliphatic hydroxyl groups excluding tert-OH is 1. The number of sulfonamides is 1. The molecule has 1 N–H and O–H groups in total. The van der Waals surface area contributed by atoms with Crippen LogP contribution in [0.5, 0.6) is 0 Å². The van der Waals surface area contributed by atoms with Crippen molar-refractivity contribution in [3.05, 3.63) is 0 Å². The molecule has 0 amide bonds. The van der Waals surface area contributed by atoms with Crippen LogP contribution in [0.4, 0.5) is 0 Å². The minimum absolute atomic E-state index is 0.0480. The second kappa shape index (κ2) is 6.32. The van der Waals surface area contributed by atoms with E-state index in [9.17, 15) is 13.2 Å². The van der Waals surface area contributed by atoms with Crippen LogP contribution in [0.25, 0.3) is 0 Å². The van der Waals surface area contributed by atoms with Gasteiger partial charge in [-0.25, -0.2) is 8.42 Å². The topological polar surface area (TPSA) is 83.9 Å². The smallest absolute Gasteiger partial charge is 0.322 e. The summed E-state index contributed by atoms with van der Waals surface area (Å²) in [6.45, 7) is 1.60. The first-order valence-corrected chi connectivity index (χ1v) is 7.38. The fourth-order valence-electron chi connectivity index (χ4n) is 1.76. The van der Waals surface area contributed by atoms with Crippen LogP contribution in [0.3, 0.4) is 0 Å². The van der Waals surface area contributed by atoms with Crippen molar-refractivity contribution < 1.29 is 23.1 Å². The summed E-state index contributed by atoms with van der Waals surface area (Å²) in [7, 11) is -3.67. The second-order valence-electron chi connectivity index (χ2n) is 3.98. The fourth-order valence-corrected chi connectivity index (χ4v) is 3.33. The average Bonchev–Trinajstić information content (AvgIpc) is 2.13. The molecule has 0 aliphatic heterocycles. The number of carbonyl (C=O) groups is 1. The quantitative estimate of drug-likeness (QED) is 0.640. The van der Waals surface area contributed by atoms with E-state index in [0.717, 1.165) is 19.3 Å². The molecule has 100 valence electrons. The van der Waals surface area contributed by atoms with E-state index >= 15 is 0 Å². The number of ether oxygens (including phenoxy) is 1. The summed E-state index contributed by atoms with van der Waals surface area (Å²) >= 11 is 0. The molecule has 0 bridgehead atoms. The number of nitrogens with zero attached hydrogens (tertiary/aromatic N) is 1. The highest BCUT2D eigenvalue weighted by Crippen LogP contribution is 2.26. The predicted molar refractivity (Wildman–Crippen MR) is 61.9 cm³/mol. The maximum Gasteiger partial charge on any atom is 0.322 e. The van der Waals surface area contributed by atoms with E-state index in [-0.39, 0.29) is 25.8 Å². The summed E-state index contributed by atoms with van der Waals surface area (Å²) in [4.78, 5) is 11.2. The van der Waals surface area contributed by atoms with Crippen LogP contribution >= 0.6 is 0 Å². The Morgan fingerprint density at radius 1 is 1.47 bits per heavy atom. The molecule has 1 aliphatic rings. The molecule has 6 nitrogen and oxygen atoms in total. The van der Waals surface area contributed by atoms with Crippen LogP contribution in [-0.2, 0) is 19.6 Å². The number of aliphatic hydroxyl groups is 1. The van der Waals surface area contributed by atoms with Gasteiger partial charge >= 0.3 is 5.97 Å².